The normalized spacial score (nSPS) is 29.4. The zero-order valence-corrected chi connectivity index (χ0v) is 76.4. The van der Waals surface area contributed by atoms with Gasteiger partial charge < -0.3 is 135 Å². The van der Waals surface area contributed by atoms with Crippen LogP contribution in [0.15, 0.2) is 79.0 Å². The van der Waals surface area contributed by atoms with Crippen molar-refractivity contribution in [2.24, 2.45) is 0 Å². The zero-order valence-electron chi connectivity index (χ0n) is 66.1. The van der Waals surface area contributed by atoms with E-state index in [4.69, 9.17) is 176 Å². The van der Waals surface area contributed by atoms with E-state index in [0.717, 1.165) is 16.2 Å². The van der Waals surface area contributed by atoms with Crippen molar-refractivity contribution in [1.82, 2.24) is 87.2 Å². The minimum Gasteiger partial charge on any atom is -0.383 e. The Kier molecular flexibility index (Phi) is 28.4. The second kappa shape index (κ2) is 37.8. The molecule has 52 nitrogen and oxygen atoms in total. The van der Waals surface area contributed by atoms with Gasteiger partial charge in [-0.2, -0.15) is 9.97 Å². The Morgan fingerprint density at radius 2 is 0.698 bits per heavy atom. The maximum absolute atomic E-state index is 13.6. The number of aromatic nitrogens is 18. The summed E-state index contributed by atoms with van der Waals surface area (Å²) >= 11 is 33.4. The van der Waals surface area contributed by atoms with Crippen molar-refractivity contribution in [3.8, 4) is 0 Å². The first-order valence-electron chi connectivity index (χ1n) is 37.8. The highest BCUT2D eigenvalue weighted by molar-refractivity contribution is 8.08. The summed E-state index contributed by atoms with van der Waals surface area (Å²) in [5.74, 6) is -0.317. The number of ether oxygens (including phenoxy) is 6. The first kappa shape index (κ1) is 94.5. The lowest BCUT2D eigenvalue weighted by molar-refractivity contribution is -0.0563. The molecule has 24 atom stereocenters. The Hall–Kier alpha value is -6.17. The van der Waals surface area contributed by atoms with Gasteiger partial charge >= 0.3 is 57.4 Å². The van der Waals surface area contributed by atoms with Crippen LogP contribution in [0.4, 0.5) is 23.4 Å². The van der Waals surface area contributed by atoms with Crippen molar-refractivity contribution in [1.29, 1.82) is 0 Å². The molecule has 15 rings (SSSR count). The molecule has 0 spiro atoms. The first-order chi connectivity index (χ1) is 59.5. The fourth-order valence-electron chi connectivity index (χ4n) is 14.8. The molecule has 0 bridgehead atoms. The SMILES string of the molecule is CC[C@H]1O[C@@H](n2cc(C)c(=O)[nH]c2=O)CC1OP(O)(=S)OC[C@H]1O[C@@H](n2cnc3c(=O)[nH]c(N)nc32)CC1OP(O)(=S)OC[C@H]1O[C@@H](n2cc(C)c(N)nc2=O)CC1OP(O)(=S)OC[C@H]1O[C@@H](n2cnc3c(N)ncnc32)CC1OP(O)(=S)OC[C@H]1O[C@@H](n2cnc3c(N)ncnc32)CC1OP(O)(=S)OC[C@H]1O[C@@H](n2cc(C)c(=O)[nH]c2=O)CC1OP(O)(=S)OC. The third kappa shape index (κ3) is 21.4. The van der Waals surface area contributed by atoms with Crippen molar-refractivity contribution in [3.05, 3.63) is 129 Å². The molecule has 6 saturated heterocycles. The molecule has 0 aromatic carbocycles. The lowest BCUT2D eigenvalue weighted by Gasteiger charge is -2.28. The summed E-state index contributed by atoms with van der Waals surface area (Å²) in [5, 5.41) is 0. The molecule has 6 aliphatic rings. The number of hydrogen-bond donors (Lipinski definition) is 13. The quantitative estimate of drug-likeness (QED) is 0.0245. The average Bonchev–Trinajstić information content (AvgIpc) is 1.63. The van der Waals surface area contributed by atoms with Gasteiger partial charge in [0.25, 0.3) is 16.7 Å². The number of nitrogens with two attached hydrogens (primary N) is 4. The number of anilines is 4. The highest BCUT2D eigenvalue weighted by Crippen LogP contribution is 2.58. The molecule has 0 saturated carbocycles. The van der Waals surface area contributed by atoms with Crippen LogP contribution in [0.3, 0.4) is 0 Å². The summed E-state index contributed by atoms with van der Waals surface area (Å²) in [6.07, 6.45) is -12.0. The molecule has 6 fully saturated rings. The maximum Gasteiger partial charge on any atom is 0.351 e. The molecular formula is C62H82N22O30P6S6. The maximum atomic E-state index is 13.6. The minimum absolute atomic E-state index is 0.0130. The van der Waals surface area contributed by atoms with E-state index in [-0.39, 0.29) is 107 Å². The molecule has 12 unspecified atom stereocenters. The Labute approximate surface area is 738 Å². The van der Waals surface area contributed by atoms with E-state index in [9.17, 15) is 58.1 Å². The third-order valence-electron chi connectivity index (χ3n) is 20.9. The summed E-state index contributed by atoms with van der Waals surface area (Å²) in [5.41, 5.74) is 21.3. The van der Waals surface area contributed by atoms with E-state index >= 15 is 0 Å². The molecule has 126 heavy (non-hydrogen) atoms. The number of fused-ring (bicyclic) bond motifs is 3. The molecule has 0 radical (unpaired) electrons. The lowest BCUT2D eigenvalue weighted by atomic mass is 10.1. The van der Waals surface area contributed by atoms with Crippen LogP contribution >= 0.6 is 40.3 Å². The van der Waals surface area contributed by atoms with Gasteiger partial charge in [-0.3, -0.25) is 56.7 Å². The van der Waals surface area contributed by atoms with E-state index in [1.54, 1.807) is 13.8 Å². The molecule has 17 N–H and O–H groups in total. The fraction of sp³-hybridized carbons (Fsp3) is 0.565. The van der Waals surface area contributed by atoms with Gasteiger partial charge in [-0.1, -0.05) is 6.92 Å². The average molecular weight is 1990 g/mol. The highest BCUT2D eigenvalue weighted by Gasteiger charge is 2.50. The van der Waals surface area contributed by atoms with Crippen molar-refractivity contribution < 1.29 is 112 Å². The third-order valence-corrected chi connectivity index (χ3v) is 30.5. The summed E-state index contributed by atoms with van der Waals surface area (Å²) < 4.78 is 118. The van der Waals surface area contributed by atoms with E-state index in [2.05, 4.69) is 59.8 Å². The fourth-order valence-corrected chi connectivity index (χ4v) is 23.1. The summed E-state index contributed by atoms with van der Waals surface area (Å²) in [4.78, 5) is 193. The van der Waals surface area contributed by atoms with Crippen LogP contribution in [0.5, 0.6) is 0 Å². The van der Waals surface area contributed by atoms with Gasteiger partial charge in [0.05, 0.1) is 94.7 Å². The van der Waals surface area contributed by atoms with E-state index in [1.807, 2.05) is 0 Å². The number of H-pyrrole nitrogens is 3. The minimum atomic E-state index is -4.66. The van der Waals surface area contributed by atoms with Crippen LogP contribution in [-0.4, -0.2) is 230 Å². The first-order valence-corrected chi connectivity index (χ1v) is 53.4. The Morgan fingerprint density at radius 1 is 0.389 bits per heavy atom. The van der Waals surface area contributed by atoms with Crippen LogP contribution in [0, 0.1) is 20.8 Å². The van der Waals surface area contributed by atoms with Crippen molar-refractivity contribution in [2.75, 3.05) is 63.1 Å². The number of nitrogens with zero attached hydrogens (tertiary/aromatic N) is 15. The molecule has 64 heteroatoms. The number of rotatable bonds is 35. The van der Waals surface area contributed by atoms with Gasteiger partial charge in [0, 0.05) is 80.9 Å². The molecule has 6 aliphatic heterocycles. The second-order valence-corrected chi connectivity index (χ2v) is 46.2. The van der Waals surface area contributed by atoms with Crippen LogP contribution < -0.4 is 56.7 Å². The van der Waals surface area contributed by atoms with Gasteiger partial charge in [-0.25, -0.2) is 49.3 Å². The largest absolute Gasteiger partial charge is 0.383 e. The van der Waals surface area contributed by atoms with E-state index in [1.165, 1.54) is 82.3 Å². The summed E-state index contributed by atoms with van der Waals surface area (Å²) in [6, 6.07) is 0. The smallest absolute Gasteiger partial charge is 0.351 e. The number of imidazole rings is 3. The van der Waals surface area contributed by atoms with Crippen molar-refractivity contribution in [3.63, 3.8) is 0 Å². The zero-order chi connectivity index (χ0) is 90.2. The standard InChI is InChI=1S/C62H82N22O30P6S6/c1-6-29-30(7-41(103-29)80-14-27(3)56(85)77-61(80)89)110-116(92,122)98-20-40-35(12-46(108-40)84-25-73-49-55(84)75-59(66)76-58(49)87)114-119(95,125)100-17-37-32(9-42(105-37)79-13-26(2)50(63)74-60(79)88)111-117(93,123)101-18-38-34(11-45(106-38)83-24-72-48-52(65)68-22-70-54(48)83)113-120(96,126)102-19-39-33(10-44(107-39)82-23-71-47-51(64)67-21-69-53(47)82)112-118(94,124)99-16-36-31(109-115(91,121)97-5)8-43(104-36)81-15-28(4)57(86)78-62(81)90/h13-15,21-25,29-46H,6-12,16-20H2,1-5H3,(H,91,121)(H,92,122)(H,93,123)(H,94,124)(H,95,125)(H,96,126)(H2,63,74,88)(H2,64,67,69)(H2,65,68,70)(H,77,85,89)(H,78,86,90)(H3,66,75,76,87)/t29-,30?,31?,32?,33?,34?,35?,36-,37-,38-,39-,40-,41-,42-,43-,44-,45-,46-,115?,116?,117?,118?,119?,120?/m1/s1. The molecule has 686 valence electrons. The van der Waals surface area contributed by atoms with Crippen LogP contribution in [0.2, 0.25) is 0 Å². The number of hydrogen-bond acceptors (Lipinski definition) is 43. The monoisotopic (exact) mass is 1990 g/mol. The molecule has 0 aliphatic carbocycles. The highest BCUT2D eigenvalue weighted by atomic mass is 32.5. The van der Waals surface area contributed by atoms with Crippen molar-refractivity contribution >= 4 is 168 Å². The van der Waals surface area contributed by atoms with Gasteiger partial charge in [0.2, 0.25) is 5.95 Å². The lowest BCUT2D eigenvalue weighted by Crippen LogP contribution is -2.33. The Balaban J connectivity index is 0.644. The topological polar surface area (TPSA) is 687 Å². The number of aryl methyl sites for hydroxylation is 3. The molecule has 9 aromatic heterocycles. The van der Waals surface area contributed by atoms with Crippen molar-refractivity contribution in [2.45, 2.75) is 183 Å². The van der Waals surface area contributed by atoms with Gasteiger partial charge in [-0.05, 0) is 98.0 Å². The summed E-state index contributed by atoms with van der Waals surface area (Å²) in [7, 11) is 1.12. The summed E-state index contributed by atoms with van der Waals surface area (Å²) in [6.45, 7) is -23.6. The second-order valence-electron chi connectivity index (χ2n) is 29.3. The predicted molar refractivity (Wildman–Crippen MR) is 458 cm³/mol. The van der Waals surface area contributed by atoms with E-state index in [0.29, 0.717) is 12.0 Å². The van der Waals surface area contributed by atoms with Gasteiger partial charge in [-0.15, -0.1) is 0 Å². The molecule has 15 heterocycles. The van der Waals surface area contributed by atoms with Crippen LogP contribution in [-0.2, 0) is 154 Å². The molecule has 9 aromatic rings. The van der Waals surface area contributed by atoms with Crippen LogP contribution in [0.1, 0.15) is 106 Å². The number of aromatic amines is 3. The van der Waals surface area contributed by atoms with Gasteiger partial charge in [0.1, 0.15) is 97.4 Å². The molecular weight excluding hydrogens is 1910 g/mol. The molecule has 0 amide bonds. The van der Waals surface area contributed by atoms with Gasteiger partial charge in [0.15, 0.2) is 34.1 Å². The van der Waals surface area contributed by atoms with Crippen LogP contribution in [0.25, 0.3) is 33.5 Å². The number of nitrogen functional groups attached to an aromatic ring is 4. The van der Waals surface area contributed by atoms with E-state index < -0.39 is 218 Å². The Morgan fingerprint density at radius 3 is 1.06 bits per heavy atom. The predicted octanol–water partition coefficient (Wildman–Crippen LogP) is 0.887. The number of nitrogens with one attached hydrogen (secondary N) is 3. The Bertz CT molecular complexity index is 6330.